The highest BCUT2D eigenvalue weighted by Crippen LogP contribution is 2.37. The van der Waals surface area contributed by atoms with Crippen molar-refractivity contribution in [3.8, 4) is 0 Å². The molecule has 0 unspecified atom stereocenters. The van der Waals surface area contributed by atoms with Gasteiger partial charge in [-0.2, -0.15) is 38.1 Å². The van der Waals surface area contributed by atoms with Gasteiger partial charge in [-0.3, -0.25) is 9.69 Å². The van der Waals surface area contributed by atoms with Crippen molar-refractivity contribution >= 4 is 42.5 Å². The molecule has 1 atom stereocenters. The molecule has 236 valence electrons. The normalized spacial score (nSPS) is 18.8. The number of nitrogens with zero attached hydrogens (tertiary/aromatic N) is 3. The Morgan fingerprint density at radius 3 is 1.98 bits per heavy atom. The van der Waals surface area contributed by atoms with E-state index in [0.717, 1.165) is 60.8 Å². The molecule has 13 heteroatoms. The van der Waals surface area contributed by atoms with Crippen LogP contribution in [0.3, 0.4) is 0 Å². The first-order chi connectivity index (χ1) is 18.8. The van der Waals surface area contributed by atoms with E-state index in [1.807, 2.05) is 43.8 Å². The molecular formula is C29H37Cl2F6N3OS. The van der Waals surface area contributed by atoms with Crippen LogP contribution >= 0.6 is 36.6 Å². The number of hydrogen-bond donors (Lipinski definition) is 0. The number of alkyl halides is 6. The lowest BCUT2D eigenvalue weighted by atomic mass is 9.97. The minimum atomic E-state index is -5.01. The molecule has 2 aromatic carbocycles. The van der Waals surface area contributed by atoms with Crippen molar-refractivity contribution in [1.29, 1.82) is 0 Å². The number of hydrogen-bond acceptors (Lipinski definition) is 4. The molecule has 1 amide bonds. The lowest BCUT2D eigenvalue weighted by Gasteiger charge is -2.42. The summed E-state index contributed by atoms with van der Waals surface area (Å²) in [7, 11) is 0. The minimum absolute atomic E-state index is 0. The number of halogens is 8. The Bertz CT molecular complexity index is 1160. The van der Waals surface area contributed by atoms with Crippen LogP contribution in [0.4, 0.5) is 26.3 Å². The molecule has 0 saturated carbocycles. The fourth-order valence-electron chi connectivity index (χ4n) is 5.35. The van der Waals surface area contributed by atoms with Gasteiger partial charge in [-0.05, 0) is 74.7 Å². The Hall–Kier alpha value is -1.66. The quantitative estimate of drug-likeness (QED) is 0.299. The van der Waals surface area contributed by atoms with Crippen molar-refractivity contribution in [1.82, 2.24) is 14.7 Å². The van der Waals surface area contributed by atoms with E-state index in [4.69, 9.17) is 0 Å². The highest BCUT2D eigenvalue weighted by molar-refractivity contribution is 7.99. The van der Waals surface area contributed by atoms with E-state index in [-0.39, 0.29) is 37.4 Å². The first-order valence-corrected chi connectivity index (χ1v) is 14.7. The van der Waals surface area contributed by atoms with Crippen molar-refractivity contribution in [3.63, 3.8) is 0 Å². The summed E-state index contributed by atoms with van der Waals surface area (Å²) in [6, 6.07) is 6.71. The number of benzene rings is 2. The van der Waals surface area contributed by atoms with E-state index in [1.54, 1.807) is 0 Å². The van der Waals surface area contributed by atoms with Gasteiger partial charge in [0, 0.05) is 55.8 Å². The molecular weight excluding hydrogens is 623 g/mol. The molecule has 42 heavy (non-hydrogen) atoms. The molecule has 2 aliphatic rings. The van der Waals surface area contributed by atoms with Crippen LogP contribution < -0.4 is 0 Å². The summed E-state index contributed by atoms with van der Waals surface area (Å²) in [4.78, 5) is 19.7. The number of piperazine rings is 1. The first-order valence-electron chi connectivity index (χ1n) is 13.5. The molecule has 2 aliphatic heterocycles. The van der Waals surface area contributed by atoms with Crippen LogP contribution in [-0.4, -0.2) is 84.0 Å². The lowest BCUT2D eigenvalue weighted by Crippen LogP contribution is -2.56. The van der Waals surface area contributed by atoms with Crippen LogP contribution in [0.2, 0.25) is 0 Å². The predicted molar refractivity (Wildman–Crippen MR) is 160 cm³/mol. The van der Waals surface area contributed by atoms with Crippen molar-refractivity contribution < 1.29 is 31.1 Å². The van der Waals surface area contributed by atoms with Gasteiger partial charge in [0.1, 0.15) is 0 Å². The second kappa shape index (κ2) is 15.4. The maximum Gasteiger partial charge on any atom is 0.416 e. The summed E-state index contributed by atoms with van der Waals surface area (Å²) in [5.41, 5.74) is -0.392. The predicted octanol–water partition coefficient (Wildman–Crippen LogP) is 6.99. The number of carbonyl (C=O) groups excluding carboxylic acids is 1. The topological polar surface area (TPSA) is 26.8 Å². The SMILES string of the molecule is Cc1ccc(C[C@@H]2CN(CCCN3CCSCC3)CCN2C(=O)c2cc(C(F)(F)F)cc(C(F)(F)F)c2)cc1C.Cl.Cl. The Kier molecular flexibility index (Phi) is 13.4. The Labute approximate surface area is 260 Å². The number of rotatable bonds is 7. The molecule has 0 bridgehead atoms. The van der Waals surface area contributed by atoms with Crippen LogP contribution in [0.25, 0.3) is 0 Å². The summed E-state index contributed by atoms with van der Waals surface area (Å²) < 4.78 is 80.9. The van der Waals surface area contributed by atoms with E-state index >= 15 is 0 Å². The van der Waals surface area contributed by atoms with Gasteiger partial charge in [-0.1, -0.05) is 18.2 Å². The van der Waals surface area contributed by atoms with Crippen LogP contribution in [-0.2, 0) is 18.8 Å². The minimum Gasteiger partial charge on any atom is -0.333 e. The van der Waals surface area contributed by atoms with Crippen molar-refractivity contribution in [2.45, 2.75) is 45.1 Å². The van der Waals surface area contributed by atoms with Crippen LogP contribution in [0.1, 0.15) is 44.6 Å². The number of amides is 1. The first kappa shape index (κ1) is 36.5. The van der Waals surface area contributed by atoms with Gasteiger partial charge >= 0.3 is 12.4 Å². The zero-order chi connectivity index (χ0) is 29.1. The zero-order valence-corrected chi connectivity index (χ0v) is 26.0. The molecule has 0 aliphatic carbocycles. The maximum absolute atomic E-state index is 13.6. The van der Waals surface area contributed by atoms with Gasteiger partial charge in [0.25, 0.3) is 5.91 Å². The van der Waals surface area contributed by atoms with Crippen LogP contribution in [0.15, 0.2) is 36.4 Å². The average Bonchev–Trinajstić information content (AvgIpc) is 2.90. The van der Waals surface area contributed by atoms with E-state index < -0.39 is 41.0 Å². The molecule has 4 rings (SSSR count). The summed E-state index contributed by atoms with van der Waals surface area (Å²) in [6.45, 7) is 9.14. The second-order valence-electron chi connectivity index (χ2n) is 10.7. The Morgan fingerprint density at radius 1 is 0.810 bits per heavy atom. The standard InChI is InChI=1S/C29H35F6N3OS.2ClH/c1-20-4-5-22(14-21(20)2)15-26-19-37(7-3-6-36-10-12-40-13-11-36)8-9-38(26)27(39)23-16-24(28(30,31)32)18-25(17-23)29(33,34)35;;/h4-5,14,16-18,26H,3,6-13,15,19H2,1-2H3;2*1H/t26-;;/m1../s1. The monoisotopic (exact) mass is 659 g/mol. The molecule has 0 aromatic heterocycles. The molecule has 0 N–H and O–H groups in total. The maximum atomic E-state index is 13.6. The van der Waals surface area contributed by atoms with E-state index in [0.29, 0.717) is 31.6 Å². The van der Waals surface area contributed by atoms with E-state index in [1.165, 1.54) is 4.90 Å². The van der Waals surface area contributed by atoms with Crippen LogP contribution in [0.5, 0.6) is 0 Å². The third-order valence-electron chi connectivity index (χ3n) is 7.76. The Morgan fingerprint density at radius 2 is 1.40 bits per heavy atom. The summed E-state index contributed by atoms with van der Waals surface area (Å²) in [5.74, 6) is 1.45. The molecule has 0 radical (unpaired) electrons. The highest BCUT2D eigenvalue weighted by atomic mass is 35.5. The van der Waals surface area contributed by atoms with Gasteiger partial charge in [0.05, 0.1) is 11.1 Å². The highest BCUT2D eigenvalue weighted by Gasteiger charge is 2.39. The Balaban J connectivity index is 0.00000308. The van der Waals surface area contributed by atoms with E-state index in [2.05, 4.69) is 9.80 Å². The fraction of sp³-hybridized carbons (Fsp3) is 0.552. The molecule has 0 spiro atoms. The molecule has 4 nitrogen and oxygen atoms in total. The zero-order valence-electron chi connectivity index (χ0n) is 23.6. The van der Waals surface area contributed by atoms with Gasteiger partial charge < -0.3 is 9.80 Å². The average molecular weight is 661 g/mol. The van der Waals surface area contributed by atoms with Crippen molar-refractivity contribution in [3.05, 3.63) is 69.8 Å². The third kappa shape index (κ3) is 9.67. The smallest absolute Gasteiger partial charge is 0.333 e. The van der Waals surface area contributed by atoms with Gasteiger partial charge in [0.2, 0.25) is 0 Å². The summed E-state index contributed by atoms with van der Waals surface area (Å²) in [6.07, 6.45) is -8.61. The fourth-order valence-corrected chi connectivity index (χ4v) is 6.33. The number of thioether (sulfide) groups is 1. The van der Waals surface area contributed by atoms with E-state index in [9.17, 15) is 31.1 Å². The van der Waals surface area contributed by atoms with Gasteiger partial charge in [-0.15, -0.1) is 24.8 Å². The van der Waals surface area contributed by atoms with Gasteiger partial charge in [0.15, 0.2) is 0 Å². The third-order valence-corrected chi connectivity index (χ3v) is 8.70. The van der Waals surface area contributed by atoms with Gasteiger partial charge in [-0.25, -0.2) is 0 Å². The van der Waals surface area contributed by atoms with Crippen LogP contribution in [0, 0.1) is 13.8 Å². The molecule has 2 aromatic rings. The number of aryl methyl sites for hydroxylation is 2. The summed E-state index contributed by atoms with van der Waals surface area (Å²) >= 11 is 1.95. The van der Waals surface area contributed by atoms with Crippen molar-refractivity contribution in [2.75, 3.05) is 57.3 Å². The second-order valence-corrected chi connectivity index (χ2v) is 11.9. The number of carbonyl (C=O) groups is 1. The largest absolute Gasteiger partial charge is 0.416 e. The van der Waals surface area contributed by atoms with Crippen molar-refractivity contribution in [2.24, 2.45) is 0 Å². The molecule has 2 heterocycles. The lowest BCUT2D eigenvalue weighted by molar-refractivity contribution is -0.143. The summed E-state index contributed by atoms with van der Waals surface area (Å²) in [5, 5.41) is 0. The molecule has 2 fully saturated rings. The molecule has 2 saturated heterocycles.